The number of hydrogen-bond donors (Lipinski definition) is 1. The van der Waals surface area contributed by atoms with Crippen LogP contribution in [0.5, 0.6) is 0 Å². The summed E-state index contributed by atoms with van der Waals surface area (Å²) in [6.07, 6.45) is 12.6. The second-order valence-electron chi connectivity index (χ2n) is 11.0. The first-order chi connectivity index (χ1) is 19.1. The molecule has 6 rings (SSSR count). The fourth-order valence-electron chi connectivity index (χ4n) is 5.63. The van der Waals surface area contributed by atoms with E-state index in [-0.39, 0.29) is 0 Å². The summed E-state index contributed by atoms with van der Waals surface area (Å²) in [6.45, 7) is 10.6. The van der Waals surface area contributed by atoms with Gasteiger partial charge in [0.15, 0.2) is 0 Å². The van der Waals surface area contributed by atoms with Gasteiger partial charge in [-0.05, 0) is 68.1 Å². The molecule has 0 bridgehead atoms. The number of anilines is 2. The summed E-state index contributed by atoms with van der Waals surface area (Å²) in [5.41, 5.74) is 11.5. The lowest BCUT2D eigenvalue weighted by Crippen LogP contribution is -2.39. The first-order valence-electron chi connectivity index (χ1n) is 14.1. The molecule has 2 aliphatic heterocycles. The maximum Gasteiger partial charge on any atom is 0.142 e. The van der Waals surface area contributed by atoms with E-state index in [4.69, 9.17) is 10.7 Å². The normalized spacial score (nSPS) is 16.5. The predicted octanol–water partition coefficient (Wildman–Crippen LogP) is 4.59. The Hall–Kier alpha value is -3.85. The van der Waals surface area contributed by atoms with E-state index in [1.807, 2.05) is 18.3 Å². The minimum absolute atomic E-state index is 0.384. The van der Waals surface area contributed by atoms with Gasteiger partial charge in [0.1, 0.15) is 23.8 Å². The van der Waals surface area contributed by atoms with Gasteiger partial charge in [-0.3, -0.25) is 9.97 Å². The van der Waals surface area contributed by atoms with Crippen LogP contribution in [0.1, 0.15) is 56.5 Å². The quantitative estimate of drug-likeness (QED) is 0.358. The summed E-state index contributed by atoms with van der Waals surface area (Å²) in [6, 6.07) is 8.21. The van der Waals surface area contributed by atoms with E-state index < -0.39 is 0 Å². The number of imidazole rings is 1. The van der Waals surface area contributed by atoms with Crippen molar-refractivity contribution in [3.8, 4) is 22.4 Å². The maximum absolute atomic E-state index is 6.34. The van der Waals surface area contributed by atoms with E-state index in [2.05, 4.69) is 66.5 Å². The zero-order valence-electron chi connectivity index (χ0n) is 22.9. The number of rotatable bonds is 8. The lowest BCUT2D eigenvalue weighted by molar-refractivity contribution is 0.173. The molecule has 2 fully saturated rings. The van der Waals surface area contributed by atoms with Crippen LogP contribution < -0.4 is 10.6 Å². The Labute approximate surface area is 230 Å². The van der Waals surface area contributed by atoms with Crippen molar-refractivity contribution in [2.24, 2.45) is 0 Å². The smallest absolute Gasteiger partial charge is 0.142 e. The largest absolute Gasteiger partial charge is 0.383 e. The van der Waals surface area contributed by atoms with Crippen LogP contribution in [0.15, 0.2) is 55.4 Å². The molecular weight excluding hydrogens is 486 g/mol. The number of pyridine rings is 2. The van der Waals surface area contributed by atoms with Crippen LogP contribution in [0, 0.1) is 0 Å². The van der Waals surface area contributed by atoms with Crippen LogP contribution in [-0.2, 0) is 6.54 Å². The van der Waals surface area contributed by atoms with Crippen LogP contribution in [0.25, 0.3) is 22.4 Å². The first kappa shape index (κ1) is 25.4. The Morgan fingerprint density at radius 2 is 1.69 bits per heavy atom. The second kappa shape index (κ2) is 11.1. The van der Waals surface area contributed by atoms with Crippen LogP contribution in [-0.4, -0.2) is 67.1 Å². The number of likely N-dealkylation sites (tertiary alicyclic amines) is 1. The Bertz CT molecular complexity index is 1400. The predicted molar refractivity (Wildman–Crippen MR) is 154 cm³/mol. The topological polar surface area (TPSA) is 102 Å². The Morgan fingerprint density at radius 1 is 0.923 bits per heavy atom. The number of aromatic nitrogens is 6. The van der Waals surface area contributed by atoms with Crippen molar-refractivity contribution in [2.75, 3.05) is 43.4 Å². The lowest BCUT2D eigenvalue weighted by Gasteiger charge is -2.34. The summed E-state index contributed by atoms with van der Waals surface area (Å²) in [7, 11) is 0. The molecule has 0 atom stereocenters. The van der Waals surface area contributed by atoms with Crippen LogP contribution in [0.2, 0.25) is 0 Å². The zero-order valence-corrected chi connectivity index (χ0v) is 22.9. The number of nitrogen functional groups attached to an aromatic ring is 1. The number of nitrogens with two attached hydrogens (primary N) is 1. The Kier molecular flexibility index (Phi) is 7.24. The third kappa shape index (κ3) is 5.36. The average Bonchev–Trinajstić information content (AvgIpc) is 3.37. The number of nitrogens with zero attached hydrogens (tertiary/aromatic N) is 8. The standard InChI is InChI=1S/C30H37N9/c1-21(2)25-18-24(6-11-33-25)26-19-39(17-16-37-12-3-13-37)29(36-26)23-7-14-38(15-8-23)30-27(28(31)34-20-35-30)22-4-9-32-10-5-22/h4-6,9-11,18-21,23H,3,7-8,12-17H2,1-2H3,(H2,31,34,35). The van der Waals surface area contributed by atoms with Crippen molar-refractivity contribution in [3.05, 3.63) is 66.9 Å². The summed E-state index contributed by atoms with van der Waals surface area (Å²) >= 11 is 0. The molecule has 0 saturated carbocycles. The van der Waals surface area contributed by atoms with Crippen molar-refractivity contribution < 1.29 is 0 Å². The molecule has 0 aliphatic carbocycles. The molecule has 0 spiro atoms. The molecule has 0 radical (unpaired) electrons. The van der Waals surface area contributed by atoms with Gasteiger partial charge in [0.05, 0.1) is 11.3 Å². The fraction of sp³-hybridized carbons (Fsp3) is 0.433. The molecule has 2 aliphatic rings. The van der Waals surface area contributed by atoms with Crippen molar-refractivity contribution in [1.29, 1.82) is 0 Å². The van der Waals surface area contributed by atoms with Gasteiger partial charge in [0.2, 0.25) is 0 Å². The maximum atomic E-state index is 6.34. The summed E-state index contributed by atoms with van der Waals surface area (Å²) in [4.78, 5) is 27.8. The number of hydrogen-bond acceptors (Lipinski definition) is 8. The van der Waals surface area contributed by atoms with E-state index in [1.54, 1.807) is 18.7 Å². The molecule has 0 unspecified atom stereocenters. The van der Waals surface area contributed by atoms with Crippen LogP contribution in [0.3, 0.4) is 0 Å². The highest BCUT2D eigenvalue weighted by Crippen LogP contribution is 2.37. The summed E-state index contributed by atoms with van der Waals surface area (Å²) < 4.78 is 2.41. The zero-order chi connectivity index (χ0) is 26.8. The fourth-order valence-corrected chi connectivity index (χ4v) is 5.63. The van der Waals surface area contributed by atoms with Crippen molar-refractivity contribution >= 4 is 11.6 Å². The molecule has 202 valence electrons. The average molecular weight is 524 g/mol. The Morgan fingerprint density at radius 3 is 2.41 bits per heavy atom. The minimum Gasteiger partial charge on any atom is -0.383 e. The molecule has 6 heterocycles. The van der Waals surface area contributed by atoms with Crippen LogP contribution >= 0.6 is 0 Å². The lowest BCUT2D eigenvalue weighted by atomic mass is 9.95. The summed E-state index contributed by atoms with van der Waals surface area (Å²) in [5.74, 6) is 3.37. The van der Waals surface area contributed by atoms with E-state index in [0.29, 0.717) is 17.7 Å². The third-order valence-electron chi connectivity index (χ3n) is 8.07. The second-order valence-corrected chi connectivity index (χ2v) is 11.0. The van der Waals surface area contributed by atoms with Gasteiger partial charge in [-0.15, -0.1) is 0 Å². The van der Waals surface area contributed by atoms with Gasteiger partial charge in [-0.25, -0.2) is 15.0 Å². The van der Waals surface area contributed by atoms with Crippen molar-refractivity contribution in [2.45, 2.75) is 51.5 Å². The molecule has 4 aromatic heterocycles. The van der Waals surface area contributed by atoms with Gasteiger partial charge in [0.25, 0.3) is 0 Å². The van der Waals surface area contributed by atoms with E-state index in [9.17, 15) is 0 Å². The third-order valence-corrected chi connectivity index (χ3v) is 8.07. The molecule has 4 aromatic rings. The molecule has 0 amide bonds. The monoisotopic (exact) mass is 523 g/mol. The molecule has 9 heteroatoms. The summed E-state index contributed by atoms with van der Waals surface area (Å²) in [5, 5.41) is 0. The highest BCUT2D eigenvalue weighted by atomic mass is 15.2. The highest BCUT2D eigenvalue weighted by molar-refractivity contribution is 5.83. The molecule has 39 heavy (non-hydrogen) atoms. The molecule has 2 saturated heterocycles. The van der Waals surface area contributed by atoms with E-state index in [1.165, 1.54) is 25.3 Å². The van der Waals surface area contributed by atoms with Gasteiger partial charge in [0, 0.05) is 68.1 Å². The van der Waals surface area contributed by atoms with Gasteiger partial charge in [-0.1, -0.05) is 13.8 Å². The van der Waals surface area contributed by atoms with Gasteiger partial charge < -0.3 is 20.1 Å². The van der Waals surface area contributed by atoms with Crippen molar-refractivity contribution in [3.63, 3.8) is 0 Å². The SMILES string of the molecule is CC(C)c1cc(-c2cn(CCN3CCC3)c(C3CCN(c4ncnc(N)c4-c4ccncc4)CC3)n2)ccn1. The first-order valence-corrected chi connectivity index (χ1v) is 14.1. The molecule has 9 nitrogen and oxygen atoms in total. The van der Waals surface area contributed by atoms with Crippen molar-refractivity contribution in [1.82, 2.24) is 34.4 Å². The molecule has 0 aromatic carbocycles. The highest BCUT2D eigenvalue weighted by Gasteiger charge is 2.28. The van der Waals surface area contributed by atoms with E-state index >= 15 is 0 Å². The van der Waals surface area contributed by atoms with Gasteiger partial charge >= 0.3 is 0 Å². The Balaban J connectivity index is 1.25. The minimum atomic E-state index is 0.384. The molecular formula is C30H37N9. The van der Waals surface area contributed by atoms with E-state index in [0.717, 1.165) is 72.9 Å². The number of piperidine rings is 1. The van der Waals surface area contributed by atoms with Crippen LogP contribution in [0.4, 0.5) is 11.6 Å². The molecule has 2 N–H and O–H groups in total. The van der Waals surface area contributed by atoms with Gasteiger partial charge in [-0.2, -0.15) is 0 Å².